The zero-order valence-electron chi connectivity index (χ0n) is 15.2. The van der Waals surface area contributed by atoms with Crippen LogP contribution < -0.4 is 0 Å². The van der Waals surface area contributed by atoms with E-state index in [2.05, 4.69) is 35.4 Å². The lowest BCUT2D eigenvalue weighted by Crippen LogP contribution is -2.54. The van der Waals surface area contributed by atoms with Crippen molar-refractivity contribution in [2.45, 2.75) is 43.5 Å². The Morgan fingerprint density at radius 3 is 2.96 bits per heavy atom. The molecule has 0 aromatic heterocycles. The topological polar surface area (TPSA) is 43.8 Å². The van der Waals surface area contributed by atoms with E-state index in [-0.39, 0.29) is 17.9 Å². The van der Waals surface area contributed by atoms with Crippen molar-refractivity contribution < 1.29 is 9.90 Å². The van der Waals surface area contributed by atoms with Gasteiger partial charge in [-0.3, -0.25) is 9.69 Å². The van der Waals surface area contributed by atoms with Crippen LogP contribution in [0, 0.1) is 5.41 Å². The van der Waals surface area contributed by atoms with Gasteiger partial charge in [0.15, 0.2) is 0 Å². The van der Waals surface area contributed by atoms with Gasteiger partial charge in [-0.2, -0.15) is 0 Å². The Labute approximate surface area is 155 Å². The van der Waals surface area contributed by atoms with E-state index in [1.807, 2.05) is 4.90 Å². The molecule has 0 unspecified atom stereocenters. The highest BCUT2D eigenvalue weighted by atomic mass is 32.2. The second-order valence-corrected chi connectivity index (χ2v) is 8.44. The lowest BCUT2D eigenvalue weighted by molar-refractivity contribution is -0.139. The lowest BCUT2D eigenvalue weighted by atomic mass is 9.73. The fourth-order valence-corrected chi connectivity index (χ4v) is 4.86. The summed E-state index contributed by atoms with van der Waals surface area (Å²) in [5.41, 5.74) is 1.63. The zero-order chi connectivity index (χ0) is 17.7. The van der Waals surface area contributed by atoms with Crippen LogP contribution in [0.2, 0.25) is 0 Å². The van der Waals surface area contributed by atoms with Gasteiger partial charge >= 0.3 is 0 Å². The summed E-state index contributed by atoms with van der Waals surface area (Å²) in [7, 11) is 0. The molecule has 2 fully saturated rings. The highest BCUT2D eigenvalue weighted by Gasteiger charge is 2.41. The van der Waals surface area contributed by atoms with E-state index in [0.29, 0.717) is 19.4 Å². The van der Waals surface area contributed by atoms with Gasteiger partial charge in [0.25, 0.3) is 0 Å². The largest absolute Gasteiger partial charge is 0.396 e. The number of aliphatic hydroxyl groups excluding tert-OH is 1. The number of thioether (sulfide) groups is 1. The molecule has 0 bridgehead atoms. The second kappa shape index (κ2) is 8.56. The monoisotopic (exact) mass is 362 g/mol. The quantitative estimate of drug-likeness (QED) is 0.790. The SMILES string of the molecule is CSc1cccc(CN2CCC[C@]3(CCC(=O)N(CCCO)C3)C2)c1. The molecule has 2 aliphatic rings. The molecule has 5 heteroatoms. The summed E-state index contributed by atoms with van der Waals surface area (Å²) in [6.07, 6.45) is 6.92. The first-order valence-corrected chi connectivity index (χ1v) is 10.6. The molecular formula is C20H30N2O2S. The molecule has 1 amide bonds. The zero-order valence-corrected chi connectivity index (χ0v) is 16.1. The van der Waals surface area contributed by atoms with Crippen LogP contribution in [0.15, 0.2) is 29.2 Å². The molecule has 1 aromatic rings. The van der Waals surface area contributed by atoms with Gasteiger partial charge in [0.05, 0.1) is 0 Å². The van der Waals surface area contributed by atoms with E-state index in [4.69, 9.17) is 5.11 Å². The number of amides is 1. The maximum atomic E-state index is 12.2. The molecular weight excluding hydrogens is 332 g/mol. The summed E-state index contributed by atoms with van der Waals surface area (Å²) in [5, 5.41) is 9.09. The fourth-order valence-electron chi connectivity index (χ4n) is 4.37. The number of hydrogen-bond acceptors (Lipinski definition) is 4. The molecule has 1 spiro atoms. The van der Waals surface area contributed by atoms with E-state index in [1.54, 1.807) is 11.8 Å². The van der Waals surface area contributed by atoms with Crippen molar-refractivity contribution in [3.8, 4) is 0 Å². The Kier molecular flexibility index (Phi) is 6.42. The summed E-state index contributed by atoms with van der Waals surface area (Å²) in [4.78, 5) is 18.1. The number of nitrogens with zero attached hydrogens (tertiary/aromatic N) is 2. The third-order valence-electron chi connectivity index (χ3n) is 5.62. The van der Waals surface area contributed by atoms with Gasteiger partial charge in [0.1, 0.15) is 0 Å². The second-order valence-electron chi connectivity index (χ2n) is 7.56. The predicted molar refractivity (Wildman–Crippen MR) is 103 cm³/mol. The molecule has 3 rings (SSSR count). The van der Waals surface area contributed by atoms with Gasteiger partial charge in [-0.1, -0.05) is 12.1 Å². The van der Waals surface area contributed by atoms with Crippen LogP contribution in [-0.2, 0) is 11.3 Å². The van der Waals surface area contributed by atoms with Gasteiger partial charge < -0.3 is 10.0 Å². The Balaban J connectivity index is 1.64. The third-order valence-corrected chi connectivity index (χ3v) is 6.34. The van der Waals surface area contributed by atoms with Crippen LogP contribution >= 0.6 is 11.8 Å². The number of benzene rings is 1. The first-order chi connectivity index (χ1) is 12.1. The number of aliphatic hydroxyl groups is 1. The molecule has 0 saturated carbocycles. The Morgan fingerprint density at radius 2 is 2.16 bits per heavy atom. The third kappa shape index (κ3) is 4.78. The minimum absolute atomic E-state index is 0.161. The summed E-state index contributed by atoms with van der Waals surface area (Å²) < 4.78 is 0. The van der Waals surface area contributed by atoms with Crippen LogP contribution in [-0.4, -0.2) is 59.9 Å². The van der Waals surface area contributed by atoms with Gasteiger partial charge in [0, 0.05) is 49.5 Å². The maximum absolute atomic E-state index is 12.2. The number of hydrogen-bond donors (Lipinski definition) is 1. The van der Waals surface area contributed by atoms with Crippen LogP contribution in [0.1, 0.15) is 37.7 Å². The van der Waals surface area contributed by atoms with Crippen molar-refractivity contribution in [2.75, 3.05) is 39.0 Å². The molecule has 1 N–H and O–H groups in total. The molecule has 0 radical (unpaired) electrons. The molecule has 0 aliphatic carbocycles. The highest BCUT2D eigenvalue weighted by Crippen LogP contribution is 2.39. The number of likely N-dealkylation sites (tertiary alicyclic amines) is 2. The standard InChI is InChI=1S/C20H30N2O2S/c1-25-18-6-2-5-17(13-18)14-21-10-3-8-20(15-21)9-7-19(24)22(16-20)11-4-12-23/h2,5-6,13,23H,3-4,7-12,14-16H2,1H3/t20-/m0/s1. The van der Waals surface area contributed by atoms with Gasteiger partial charge in [0.2, 0.25) is 5.91 Å². The Bertz CT molecular complexity index is 595. The minimum Gasteiger partial charge on any atom is -0.396 e. The average Bonchev–Trinajstić information content (AvgIpc) is 2.63. The van der Waals surface area contributed by atoms with Gasteiger partial charge in [-0.05, 0) is 56.2 Å². The van der Waals surface area contributed by atoms with E-state index >= 15 is 0 Å². The molecule has 138 valence electrons. The molecule has 2 aliphatic heterocycles. The molecule has 2 saturated heterocycles. The fraction of sp³-hybridized carbons (Fsp3) is 0.650. The molecule has 25 heavy (non-hydrogen) atoms. The highest BCUT2D eigenvalue weighted by molar-refractivity contribution is 7.98. The molecule has 2 heterocycles. The summed E-state index contributed by atoms with van der Waals surface area (Å²) in [6.45, 7) is 4.96. The first kappa shape index (κ1) is 18.7. The van der Waals surface area contributed by atoms with Crippen molar-refractivity contribution in [3.05, 3.63) is 29.8 Å². The number of carbonyl (C=O) groups is 1. The van der Waals surface area contributed by atoms with Crippen molar-refractivity contribution in [2.24, 2.45) is 5.41 Å². The maximum Gasteiger partial charge on any atom is 0.222 e. The number of rotatable bonds is 6. The molecule has 4 nitrogen and oxygen atoms in total. The first-order valence-electron chi connectivity index (χ1n) is 9.38. The lowest BCUT2D eigenvalue weighted by Gasteiger charge is -2.48. The van der Waals surface area contributed by atoms with E-state index in [9.17, 15) is 4.79 Å². The number of piperidine rings is 2. The van der Waals surface area contributed by atoms with Crippen molar-refractivity contribution >= 4 is 17.7 Å². The smallest absolute Gasteiger partial charge is 0.222 e. The van der Waals surface area contributed by atoms with Crippen LogP contribution in [0.4, 0.5) is 0 Å². The normalized spacial score (nSPS) is 24.9. The summed E-state index contributed by atoms with van der Waals surface area (Å²) in [5.74, 6) is 0.267. The Morgan fingerprint density at radius 1 is 1.28 bits per heavy atom. The minimum atomic E-state index is 0.161. The van der Waals surface area contributed by atoms with Crippen LogP contribution in [0.5, 0.6) is 0 Å². The van der Waals surface area contributed by atoms with E-state index in [0.717, 1.165) is 32.6 Å². The van der Waals surface area contributed by atoms with Gasteiger partial charge in [-0.15, -0.1) is 11.8 Å². The van der Waals surface area contributed by atoms with Crippen molar-refractivity contribution in [1.82, 2.24) is 9.80 Å². The molecule has 1 atom stereocenters. The van der Waals surface area contributed by atoms with E-state index < -0.39 is 0 Å². The van der Waals surface area contributed by atoms with Crippen LogP contribution in [0.3, 0.4) is 0 Å². The van der Waals surface area contributed by atoms with Crippen LogP contribution in [0.25, 0.3) is 0 Å². The molecule has 1 aromatic carbocycles. The van der Waals surface area contributed by atoms with Crippen molar-refractivity contribution in [1.29, 1.82) is 0 Å². The van der Waals surface area contributed by atoms with Crippen molar-refractivity contribution in [3.63, 3.8) is 0 Å². The number of carbonyl (C=O) groups excluding carboxylic acids is 1. The predicted octanol–water partition coefficient (Wildman–Crippen LogP) is 3.00. The average molecular weight is 363 g/mol. The Hall–Kier alpha value is -1.04. The summed E-state index contributed by atoms with van der Waals surface area (Å²) >= 11 is 1.79. The van der Waals surface area contributed by atoms with Gasteiger partial charge in [-0.25, -0.2) is 0 Å². The van der Waals surface area contributed by atoms with E-state index in [1.165, 1.54) is 23.3 Å². The summed E-state index contributed by atoms with van der Waals surface area (Å²) in [6, 6.07) is 8.83.